The van der Waals surface area contributed by atoms with Crippen molar-refractivity contribution in [1.82, 2.24) is 0 Å². The van der Waals surface area contributed by atoms with Crippen molar-refractivity contribution < 1.29 is 0 Å². The molecule has 2 nitrogen and oxygen atoms in total. The van der Waals surface area contributed by atoms with Gasteiger partial charge in [0.25, 0.3) is 0 Å². The van der Waals surface area contributed by atoms with Crippen molar-refractivity contribution >= 4 is 5.69 Å². The fourth-order valence-corrected chi connectivity index (χ4v) is 2.87. The Bertz CT molecular complexity index is 386. The summed E-state index contributed by atoms with van der Waals surface area (Å²) in [5, 5.41) is 0. The predicted molar refractivity (Wildman–Crippen MR) is 83.6 cm³/mol. The lowest BCUT2D eigenvalue weighted by molar-refractivity contribution is 0.238. The van der Waals surface area contributed by atoms with Crippen molar-refractivity contribution in [3.8, 4) is 0 Å². The van der Waals surface area contributed by atoms with Crippen molar-refractivity contribution in [3.63, 3.8) is 0 Å². The van der Waals surface area contributed by atoms with Crippen LogP contribution < -0.4 is 10.6 Å². The first kappa shape index (κ1) is 14.4. The first-order valence-corrected chi connectivity index (χ1v) is 7.62. The second kappa shape index (κ2) is 5.96. The molecular formula is C17H28N2. The van der Waals surface area contributed by atoms with E-state index >= 15 is 0 Å². The van der Waals surface area contributed by atoms with Gasteiger partial charge in [-0.1, -0.05) is 32.4 Å². The molecule has 2 heteroatoms. The molecule has 1 aliphatic rings. The highest BCUT2D eigenvalue weighted by Crippen LogP contribution is 2.35. The van der Waals surface area contributed by atoms with Crippen LogP contribution in [0.5, 0.6) is 0 Å². The van der Waals surface area contributed by atoms with E-state index in [1.165, 1.54) is 43.6 Å². The number of piperidine rings is 1. The van der Waals surface area contributed by atoms with E-state index in [4.69, 9.17) is 5.73 Å². The number of rotatable bonds is 4. The summed E-state index contributed by atoms with van der Waals surface area (Å²) in [7, 11) is 0. The standard InChI is InChI=1S/C17H28N2/c1-4-17(3)9-11-19(12-10-17)16-7-5-15(6-8-16)13-14(2)18/h5-8,14H,4,9-13,18H2,1-3H3. The molecule has 1 aromatic carbocycles. The van der Waals surface area contributed by atoms with Crippen LogP contribution in [0.3, 0.4) is 0 Å². The molecular weight excluding hydrogens is 232 g/mol. The zero-order valence-corrected chi connectivity index (χ0v) is 12.7. The fraction of sp³-hybridized carbons (Fsp3) is 0.647. The van der Waals surface area contributed by atoms with Gasteiger partial charge >= 0.3 is 0 Å². The van der Waals surface area contributed by atoms with Crippen molar-refractivity contribution in [3.05, 3.63) is 29.8 Å². The first-order chi connectivity index (χ1) is 9.02. The largest absolute Gasteiger partial charge is 0.371 e. The molecule has 0 amide bonds. The van der Waals surface area contributed by atoms with Gasteiger partial charge < -0.3 is 10.6 Å². The van der Waals surface area contributed by atoms with Crippen LogP contribution in [0.15, 0.2) is 24.3 Å². The van der Waals surface area contributed by atoms with Gasteiger partial charge in [0, 0.05) is 24.8 Å². The number of nitrogens with zero attached hydrogens (tertiary/aromatic N) is 1. The molecule has 1 heterocycles. The van der Waals surface area contributed by atoms with E-state index in [1.807, 2.05) is 0 Å². The predicted octanol–water partition coefficient (Wildman–Crippen LogP) is 3.59. The quantitative estimate of drug-likeness (QED) is 0.896. The highest BCUT2D eigenvalue weighted by Gasteiger charge is 2.28. The highest BCUT2D eigenvalue weighted by atomic mass is 15.1. The number of benzene rings is 1. The second-order valence-electron chi connectivity index (χ2n) is 6.50. The number of hydrogen-bond acceptors (Lipinski definition) is 2. The van der Waals surface area contributed by atoms with Crippen LogP contribution in [0.1, 0.15) is 45.6 Å². The molecule has 1 saturated heterocycles. The molecule has 0 bridgehead atoms. The molecule has 0 aromatic heterocycles. The summed E-state index contributed by atoms with van der Waals surface area (Å²) < 4.78 is 0. The summed E-state index contributed by atoms with van der Waals surface area (Å²) in [6, 6.07) is 9.21. The molecule has 106 valence electrons. The molecule has 1 fully saturated rings. The lowest BCUT2D eigenvalue weighted by atomic mass is 9.78. The van der Waals surface area contributed by atoms with Crippen molar-refractivity contribution in [2.75, 3.05) is 18.0 Å². The van der Waals surface area contributed by atoms with Crippen LogP contribution in [0.4, 0.5) is 5.69 Å². The molecule has 1 aromatic rings. The van der Waals surface area contributed by atoms with Crippen LogP contribution >= 0.6 is 0 Å². The minimum atomic E-state index is 0.242. The Hall–Kier alpha value is -1.02. The molecule has 1 atom stereocenters. The van der Waals surface area contributed by atoms with E-state index in [9.17, 15) is 0 Å². The molecule has 19 heavy (non-hydrogen) atoms. The van der Waals surface area contributed by atoms with Gasteiger partial charge in [-0.3, -0.25) is 0 Å². The van der Waals surface area contributed by atoms with E-state index in [1.54, 1.807) is 0 Å². The van der Waals surface area contributed by atoms with Crippen LogP contribution in [-0.4, -0.2) is 19.1 Å². The van der Waals surface area contributed by atoms with Crippen LogP contribution in [0.25, 0.3) is 0 Å². The summed E-state index contributed by atoms with van der Waals surface area (Å²) >= 11 is 0. The van der Waals surface area contributed by atoms with Crippen molar-refractivity contribution in [2.24, 2.45) is 11.1 Å². The van der Waals surface area contributed by atoms with Gasteiger partial charge in [-0.25, -0.2) is 0 Å². The second-order valence-corrected chi connectivity index (χ2v) is 6.50. The molecule has 2 rings (SSSR count). The van der Waals surface area contributed by atoms with Crippen LogP contribution in [-0.2, 0) is 6.42 Å². The van der Waals surface area contributed by atoms with Crippen molar-refractivity contribution in [2.45, 2.75) is 52.5 Å². The molecule has 0 aliphatic carbocycles. The van der Waals surface area contributed by atoms with Crippen LogP contribution in [0.2, 0.25) is 0 Å². The monoisotopic (exact) mass is 260 g/mol. The Labute approximate surface area is 118 Å². The third kappa shape index (κ3) is 3.73. The summed E-state index contributed by atoms with van der Waals surface area (Å²) in [5.41, 5.74) is 9.11. The highest BCUT2D eigenvalue weighted by molar-refractivity contribution is 5.48. The Balaban J connectivity index is 1.96. The molecule has 1 aliphatic heterocycles. The number of hydrogen-bond donors (Lipinski definition) is 1. The van der Waals surface area contributed by atoms with E-state index < -0.39 is 0 Å². The molecule has 0 spiro atoms. The smallest absolute Gasteiger partial charge is 0.0366 e. The van der Waals surface area contributed by atoms with Gasteiger partial charge in [0.2, 0.25) is 0 Å². The van der Waals surface area contributed by atoms with E-state index in [0.717, 1.165) is 6.42 Å². The minimum Gasteiger partial charge on any atom is -0.371 e. The number of anilines is 1. The zero-order chi connectivity index (χ0) is 13.9. The Kier molecular flexibility index (Phi) is 4.51. The Morgan fingerprint density at radius 1 is 1.21 bits per heavy atom. The summed E-state index contributed by atoms with van der Waals surface area (Å²) in [6.07, 6.45) is 4.89. The molecule has 2 N–H and O–H groups in total. The van der Waals surface area contributed by atoms with Crippen molar-refractivity contribution in [1.29, 1.82) is 0 Å². The van der Waals surface area contributed by atoms with Gasteiger partial charge in [0.05, 0.1) is 0 Å². The summed E-state index contributed by atoms with van der Waals surface area (Å²) in [4.78, 5) is 2.52. The van der Waals surface area contributed by atoms with Gasteiger partial charge in [-0.05, 0) is 49.3 Å². The van der Waals surface area contributed by atoms with Gasteiger partial charge in [0.15, 0.2) is 0 Å². The Morgan fingerprint density at radius 2 is 1.79 bits per heavy atom. The normalized spacial score (nSPS) is 20.3. The van der Waals surface area contributed by atoms with Gasteiger partial charge in [0.1, 0.15) is 0 Å². The molecule has 0 radical (unpaired) electrons. The first-order valence-electron chi connectivity index (χ1n) is 7.62. The Morgan fingerprint density at radius 3 is 2.26 bits per heavy atom. The zero-order valence-electron chi connectivity index (χ0n) is 12.7. The summed E-state index contributed by atoms with van der Waals surface area (Å²) in [6.45, 7) is 9.19. The maximum absolute atomic E-state index is 5.84. The molecule has 1 unspecified atom stereocenters. The number of nitrogens with two attached hydrogens (primary N) is 1. The van der Waals surface area contributed by atoms with E-state index in [-0.39, 0.29) is 6.04 Å². The van der Waals surface area contributed by atoms with E-state index in [0.29, 0.717) is 5.41 Å². The van der Waals surface area contributed by atoms with Crippen LogP contribution in [0, 0.1) is 5.41 Å². The average Bonchev–Trinajstić information content (AvgIpc) is 2.40. The third-order valence-corrected chi connectivity index (χ3v) is 4.68. The maximum atomic E-state index is 5.84. The minimum absolute atomic E-state index is 0.242. The van der Waals surface area contributed by atoms with Gasteiger partial charge in [-0.15, -0.1) is 0 Å². The maximum Gasteiger partial charge on any atom is 0.0366 e. The van der Waals surface area contributed by atoms with Gasteiger partial charge in [-0.2, -0.15) is 0 Å². The fourth-order valence-electron chi connectivity index (χ4n) is 2.87. The third-order valence-electron chi connectivity index (χ3n) is 4.68. The molecule has 0 saturated carbocycles. The average molecular weight is 260 g/mol. The lowest BCUT2D eigenvalue weighted by Crippen LogP contribution is -2.38. The topological polar surface area (TPSA) is 29.3 Å². The van der Waals surface area contributed by atoms with E-state index in [2.05, 4.69) is 49.9 Å². The lowest BCUT2D eigenvalue weighted by Gasteiger charge is -2.40. The SMILES string of the molecule is CCC1(C)CCN(c2ccc(CC(C)N)cc2)CC1. The summed E-state index contributed by atoms with van der Waals surface area (Å²) in [5.74, 6) is 0.